The van der Waals surface area contributed by atoms with E-state index in [1.807, 2.05) is 43.3 Å². The minimum absolute atomic E-state index is 0.0368. The molecule has 0 fully saturated rings. The van der Waals surface area contributed by atoms with Gasteiger partial charge in [0.1, 0.15) is 11.6 Å². The standard InChI is InChI=1S/C15H18N4O/c1-19(2)14-5-3-4-13(17-14)18-15(20)7-6-12-8-10-16-11-9-12/h3-5,8-11H,6-7H2,1-2H3,(H,17,18,20). The van der Waals surface area contributed by atoms with Crippen LogP contribution >= 0.6 is 0 Å². The molecule has 2 aromatic rings. The molecule has 0 bridgehead atoms. The van der Waals surface area contributed by atoms with E-state index in [-0.39, 0.29) is 5.91 Å². The van der Waals surface area contributed by atoms with Crippen LogP contribution in [0.2, 0.25) is 0 Å². The minimum atomic E-state index is -0.0368. The molecule has 2 rings (SSSR count). The zero-order valence-electron chi connectivity index (χ0n) is 11.7. The van der Waals surface area contributed by atoms with E-state index in [9.17, 15) is 4.79 Å². The highest BCUT2D eigenvalue weighted by Gasteiger charge is 2.05. The maximum absolute atomic E-state index is 11.9. The molecule has 20 heavy (non-hydrogen) atoms. The van der Waals surface area contributed by atoms with Crippen molar-refractivity contribution in [3.05, 3.63) is 48.3 Å². The summed E-state index contributed by atoms with van der Waals surface area (Å²) >= 11 is 0. The van der Waals surface area contributed by atoms with Gasteiger partial charge < -0.3 is 10.2 Å². The summed E-state index contributed by atoms with van der Waals surface area (Å²) in [7, 11) is 3.83. The Bertz CT molecular complexity index is 569. The van der Waals surface area contributed by atoms with Crippen LogP contribution in [0.25, 0.3) is 0 Å². The Morgan fingerprint density at radius 1 is 1.20 bits per heavy atom. The van der Waals surface area contributed by atoms with Crippen molar-refractivity contribution in [2.24, 2.45) is 0 Å². The van der Waals surface area contributed by atoms with Crippen LogP contribution in [0.1, 0.15) is 12.0 Å². The van der Waals surface area contributed by atoms with Crippen LogP contribution in [0.3, 0.4) is 0 Å². The highest BCUT2D eigenvalue weighted by Crippen LogP contribution is 2.12. The first-order valence-electron chi connectivity index (χ1n) is 6.48. The largest absolute Gasteiger partial charge is 0.363 e. The van der Waals surface area contributed by atoms with Crippen LogP contribution in [-0.2, 0) is 11.2 Å². The zero-order valence-corrected chi connectivity index (χ0v) is 11.7. The van der Waals surface area contributed by atoms with Crippen molar-refractivity contribution in [1.29, 1.82) is 0 Å². The molecule has 0 aliphatic rings. The number of amides is 1. The number of anilines is 2. The number of rotatable bonds is 5. The van der Waals surface area contributed by atoms with Gasteiger partial charge in [-0.05, 0) is 36.2 Å². The molecular formula is C15H18N4O. The van der Waals surface area contributed by atoms with Crippen LogP contribution in [0, 0.1) is 0 Å². The van der Waals surface area contributed by atoms with E-state index < -0.39 is 0 Å². The lowest BCUT2D eigenvalue weighted by atomic mass is 10.1. The van der Waals surface area contributed by atoms with Crippen molar-refractivity contribution in [3.63, 3.8) is 0 Å². The molecular weight excluding hydrogens is 252 g/mol. The molecule has 0 atom stereocenters. The van der Waals surface area contributed by atoms with Gasteiger partial charge in [-0.2, -0.15) is 0 Å². The van der Waals surface area contributed by atoms with E-state index in [0.29, 0.717) is 18.7 Å². The van der Waals surface area contributed by atoms with E-state index in [1.165, 1.54) is 0 Å². The lowest BCUT2D eigenvalue weighted by Crippen LogP contribution is -2.15. The molecule has 1 amide bonds. The number of carbonyl (C=O) groups excluding carboxylic acids is 1. The smallest absolute Gasteiger partial charge is 0.225 e. The SMILES string of the molecule is CN(C)c1cccc(NC(=O)CCc2ccncc2)n1. The zero-order chi connectivity index (χ0) is 14.4. The fourth-order valence-corrected chi connectivity index (χ4v) is 1.75. The number of hydrogen-bond donors (Lipinski definition) is 1. The quantitative estimate of drug-likeness (QED) is 0.904. The van der Waals surface area contributed by atoms with Crippen molar-refractivity contribution in [1.82, 2.24) is 9.97 Å². The van der Waals surface area contributed by atoms with E-state index in [2.05, 4.69) is 15.3 Å². The summed E-state index contributed by atoms with van der Waals surface area (Å²) < 4.78 is 0. The molecule has 0 unspecified atom stereocenters. The van der Waals surface area contributed by atoms with Crippen molar-refractivity contribution in [3.8, 4) is 0 Å². The molecule has 2 aromatic heterocycles. The average Bonchev–Trinajstić information content (AvgIpc) is 2.46. The molecule has 104 valence electrons. The number of carbonyl (C=O) groups is 1. The second-order valence-electron chi connectivity index (χ2n) is 4.68. The monoisotopic (exact) mass is 270 g/mol. The minimum Gasteiger partial charge on any atom is -0.363 e. The predicted molar refractivity (Wildman–Crippen MR) is 79.8 cm³/mol. The van der Waals surface area contributed by atoms with Crippen LogP contribution in [0.15, 0.2) is 42.7 Å². The van der Waals surface area contributed by atoms with Gasteiger partial charge in [-0.1, -0.05) is 6.07 Å². The Kier molecular flexibility index (Phi) is 4.65. The summed E-state index contributed by atoms with van der Waals surface area (Å²) in [4.78, 5) is 22.1. The van der Waals surface area contributed by atoms with Crippen LogP contribution in [0.5, 0.6) is 0 Å². The number of pyridine rings is 2. The summed E-state index contributed by atoms with van der Waals surface area (Å²) in [5.41, 5.74) is 1.10. The number of nitrogens with zero attached hydrogens (tertiary/aromatic N) is 3. The molecule has 0 spiro atoms. The number of aromatic nitrogens is 2. The van der Waals surface area contributed by atoms with Gasteiger partial charge in [0.15, 0.2) is 0 Å². The fourth-order valence-electron chi connectivity index (χ4n) is 1.75. The van der Waals surface area contributed by atoms with E-state index >= 15 is 0 Å². The molecule has 0 aromatic carbocycles. The first-order chi connectivity index (χ1) is 9.65. The van der Waals surface area contributed by atoms with Crippen LogP contribution in [-0.4, -0.2) is 30.0 Å². The molecule has 1 N–H and O–H groups in total. The lowest BCUT2D eigenvalue weighted by molar-refractivity contribution is -0.116. The first kappa shape index (κ1) is 14.0. The van der Waals surface area contributed by atoms with Crippen LogP contribution < -0.4 is 10.2 Å². The molecule has 5 heteroatoms. The maximum Gasteiger partial charge on any atom is 0.225 e. The van der Waals surface area contributed by atoms with Gasteiger partial charge in [0.05, 0.1) is 0 Å². The fraction of sp³-hybridized carbons (Fsp3) is 0.267. The molecule has 2 heterocycles. The summed E-state index contributed by atoms with van der Waals surface area (Å²) in [6.07, 6.45) is 4.59. The van der Waals surface area contributed by atoms with E-state index in [4.69, 9.17) is 0 Å². The number of aryl methyl sites for hydroxylation is 1. The highest BCUT2D eigenvalue weighted by molar-refractivity contribution is 5.90. The second-order valence-corrected chi connectivity index (χ2v) is 4.68. The van der Waals surface area contributed by atoms with Crippen molar-refractivity contribution < 1.29 is 4.79 Å². The van der Waals surface area contributed by atoms with E-state index in [1.54, 1.807) is 18.5 Å². The molecule has 0 saturated carbocycles. The normalized spacial score (nSPS) is 10.1. The Morgan fingerprint density at radius 3 is 2.65 bits per heavy atom. The van der Waals surface area contributed by atoms with Gasteiger partial charge in [0, 0.05) is 32.9 Å². The first-order valence-corrected chi connectivity index (χ1v) is 6.48. The van der Waals surface area contributed by atoms with Crippen LogP contribution in [0.4, 0.5) is 11.6 Å². The molecule has 0 aliphatic carbocycles. The third-order valence-corrected chi connectivity index (χ3v) is 2.85. The van der Waals surface area contributed by atoms with Gasteiger partial charge in [0.25, 0.3) is 0 Å². The summed E-state index contributed by atoms with van der Waals surface area (Å²) in [5.74, 6) is 1.36. The number of nitrogens with one attached hydrogen (secondary N) is 1. The summed E-state index contributed by atoms with van der Waals surface area (Å²) in [6, 6.07) is 9.39. The van der Waals surface area contributed by atoms with Gasteiger partial charge in [-0.25, -0.2) is 4.98 Å². The van der Waals surface area contributed by atoms with Gasteiger partial charge in [0.2, 0.25) is 5.91 Å². The summed E-state index contributed by atoms with van der Waals surface area (Å²) in [5, 5.41) is 2.82. The average molecular weight is 270 g/mol. The highest BCUT2D eigenvalue weighted by atomic mass is 16.1. The lowest BCUT2D eigenvalue weighted by Gasteiger charge is -2.12. The Balaban J connectivity index is 1.90. The second kappa shape index (κ2) is 6.65. The van der Waals surface area contributed by atoms with Crippen molar-refractivity contribution in [2.45, 2.75) is 12.8 Å². The Morgan fingerprint density at radius 2 is 1.95 bits per heavy atom. The molecule has 0 radical (unpaired) electrons. The van der Waals surface area contributed by atoms with Crippen molar-refractivity contribution in [2.75, 3.05) is 24.3 Å². The summed E-state index contributed by atoms with van der Waals surface area (Å²) in [6.45, 7) is 0. The Hall–Kier alpha value is -2.43. The number of hydrogen-bond acceptors (Lipinski definition) is 4. The molecule has 5 nitrogen and oxygen atoms in total. The molecule has 0 saturated heterocycles. The molecule has 0 aliphatic heterocycles. The third-order valence-electron chi connectivity index (χ3n) is 2.85. The Labute approximate surface area is 118 Å². The van der Waals surface area contributed by atoms with Gasteiger partial charge in [-0.3, -0.25) is 9.78 Å². The third kappa shape index (κ3) is 4.05. The van der Waals surface area contributed by atoms with Gasteiger partial charge >= 0.3 is 0 Å². The topological polar surface area (TPSA) is 58.1 Å². The van der Waals surface area contributed by atoms with Gasteiger partial charge in [-0.15, -0.1) is 0 Å². The van der Waals surface area contributed by atoms with Crippen molar-refractivity contribution >= 4 is 17.5 Å². The maximum atomic E-state index is 11.9. The predicted octanol–water partition coefficient (Wildman–Crippen LogP) is 2.11. The van der Waals surface area contributed by atoms with E-state index in [0.717, 1.165) is 11.4 Å².